The van der Waals surface area contributed by atoms with Crippen molar-refractivity contribution in [1.29, 1.82) is 0 Å². The second-order valence-electron chi connectivity index (χ2n) is 6.72. The second kappa shape index (κ2) is 8.11. The van der Waals surface area contributed by atoms with Crippen molar-refractivity contribution < 1.29 is 4.79 Å². The number of benzene rings is 2. The van der Waals surface area contributed by atoms with E-state index < -0.39 is 0 Å². The first kappa shape index (κ1) is 16.7. The smallest absolute Gasteiger partial charge is 0.251 e. The quantitative estimate of drug-likeness (QED) is 0.882. The molecule has 2 aromatic carbocycles. The van der Waals surface area contributed by atoms with Crippen LogP contribution >= 0.6 is 0 Å². The van der Waals surface area contributed by atoms with Gasteiger partial charge in [0.1, 0.15) is 0 Å². The van der Waals surface area contributed by atoms with Gasteiger partial charge in [0.05, 0.1) is 0 Å². The second-order valence-corrected chi connectivity index (χ2v) is 6.72. The van der Waals surface area contributed by atoms with Gasteiger partial charge in [0, 0.05) is 18.2 Å². The number of amides is 1. The van der Waals surface area contributed by atoms with Crippen LogP contribution in [0.5, 0.6) is 0 Å². The van der Waals surface area contributed by atoms with Crippen LogP contribution in [0, 0.1) is 5.92 Å². The number of nitrogens with one attached hydrogen (secondary N) is 1. The van der Waals surface area contributed by atoms with Gasteiger partial charge in [-0.2, -0.15) is 0 Å². The van der Waals surface area contributed by atoms with Gasteiger partial charge < -0.3 is 11.1 Å². The van der Waals surface area contributed by atoms with Crippen molar-refractivity contribution in [2.75, 3.05) is 0 Å². The molecule has 3 rings (SSSR count). The third-order valence-electron chi connectivity index (χ3n) is 5.02. The minimum Gasteiger partial charge on any atom is -0.349 e. The average molecular weight is 322 g/mol. The predicted octanol–water partition coefficient (Wildman–Crippen LogP) is 3.68. The van der Waals surface area contributed by atoms with Gasteiger partial charge in [-0.25, -0.2) is 0 Å². The fraction of sp³-hybridized carbons (Fsp3) is 0.381. The molecule has 2 aromatic rings. The van der Waals surface area contributed by atoms with Crippen LogP contribution in [0.2, 0.25) is 0 Å². The highest BCUT2D eigenvalue weighted by Gasteiger charge is 2.26. The van der Waals surface area contributed by atoms with Crippen LogP contribution in [0.4, 0.5) is 0 Å². The molecule has 3 N–H and O–H groups in total. The summed E-state index contributed by atoms with van der Waals surface area (Å²) in [5.41, 5.74) is 8.74. The zero-order valence-corrected chi connectivity index (χ0v) is 14.1. The molecule has 0 aromatic heterocycles. The molecule has 0 spiro atoms. The molecule has 0 heterocycles. The summed E-state index contributed by atoms with van der Waals surface area (Å²) in [5.74, 6) is 0.553. The van der Waals surface area contributed by atoms with Gasteiger partial charge in [0.15, 0.2) is 0 Å². The van der Waals surface area contributed by atoms with E-state index in [0.29, 0.717) is 12.5 Å². The first-order valence-corrected chi connectivity index (χ1v) is 8.90. The molecular weight excluding hydrogens is 296 g/mol. The lowest BCUT2D eigenvalue weighted by Gasteiger charge is -2.32. The molecule has 0 radical (unpaired) electrons. The van der Waals surface area contributed by atoms with E-state index in [4.69, 9.17) is 5.73 Å². The summed E-state index contributed by atoms with van der Waals surface area (Å²) < 4.78 is 0. The highest BCUT2D eigenvalue weighted by Crippen LogP contribution is 2.28. The molecule has 1 amide bonds. The number of nitrogens with two attached hydrogens (primary N) is 1. The molecular formula is C21H26N2O. The van der Waals surface area contributed by atoms with Gasteiger partial charge in [0.2, 0.25) is 0 Å². The van der Waals surface area contributed by atoms with Crippen molar-refractivity contribution in [1.82, 2.24) is 5.32 Å². The molecule has 1 fully saturated rings. The van der Waals surface area contributed by atoms with Crippen LogP contribution < -0.4 is 11.1 Å². The minimum atomic E-state index is 0.0310. The van der Waals surface area contributed by atoms with E-state index in [9.17, 15) is 4.79 Å². The van der Waals surface area contributed by atoms with Crippen LogP contribution in [-0.4, -0.2) is 11.9 Å². The summed E-state index contributed by atoms with van der Waals surface area (Å²) in [7, 11) is 0. The highest BCUT2D eigenvalue weighted by atomic mass is 16.1. The Morgan fingerprint density at radius 1 is 0.958 bits per heavy atom. The van der Waals surface area contributed by atoms with Gasteiger partial charge in [0.25, 0.3) is 5.91 Å². The van der Waals surface area contributed by atoms with Gasteiger partial charge in [-0.1, -0.05) is 55.3 Å². The summed E-state index contributed by atoms with van der Waals surface area (Å²) in [6, 6.07) is 18.4. The molecule has 0 bridgehead atoms. The Hall–Kier alpha value is -2.13. The number of hydrogen-bond acceptors (Lipinski definition) is 2. The van der Waals surface area contributed by atoms with Gasteiger partial charge >= 0.3 is 0 Å². The van der Waals surface area contributed by atoms with E-state index >= 15 is 0 Å². The molecule has 126 valence electrons. The molecule has 0 aliphatic heterocycles. The topological polar surface area (TPSA) is 55.1 Å². The van der Waals surface area contributed by atoms with Crippen LogP contribution in [0.3, 0.4) is 0 Å². The molecule has 3 heteroatoms. The molecule has 0 saturated heterocycles. The van der Waals surface area contributed by atoms with E-state index in [0.717, 1.165) is 24.0 Å². The Kier molecular flexibility index (Phi) is 5.65. The molecule has 1 aliphatic rings. The summed E-state index contributed by atoms with van der Waals surface area (Å²) in [6.07, 6.45) is 5.76. The maximum atomic E-state index is 12.6. The normalized spacial score (nSPS) is 20.5. The van der Waals surface area contributed by atoms with Gasteiger partial charge in [-0.15, -0.1) is 0 Å². The van der Waals surface area contributed by atoms with Crippen molar-refractivity contribution >= 4 is 5.91 Å². The zero-order chi connectivity index (χ0) is 16.8. The van der Waals surface area contributed by atoms with E-state index in [1.54, 1.807) is 0 Å². The van der Waals surface area contributed by atoms with Crippen LogP contribution in [-0.2, 0) is 13.0 Å². The first-order valence-electron chi connectivity index (χ1n) is 8.90. The van der Waals surface area contributed by atoms with E-state index in [2.05, 4.69) is 35.6 Å². The summed E-state index contributed by atoms with van der Waals surface area (Å²) in [4.78, 5) is 12.6. The van der Waals surface area contributed by atoms with E-state index in [-0.39, 0.29) is 11.9 Å². The Bertz CT molecular complexity index is 651. The maximum Gasteiger partial charge on any atom is 0.251 e. The third-order valence-corrected chi connectivity index (χ3v) is 5.02. The monoisotopic (exact) mass is 322 g/mol. The first-order chi connectivity index (χ1) is 11.8. The predicted molar refractivity (Wildman–Crippen MR) is 97.7 cm³/mol. The van der Waals surface area contributed by atoms with Gasteiger partial charge in [-0.3, -0.25) is 4.79 Å². The fourth-order valence-corrected chi connectivity index (χ4v) is 3.60. The van der Waals surface area contributed by atoms with E-state index in [1.165, 1.54) is 24.8 Å². The van der Waals surface area contributed by atoms with E-state index in [1.807, 2.05) is 24.3 Å². The van der Waals surface area contributed by atoms with Crippen LogP contribution in [0.25, 0.3) is 0 Å². The molecule has 24 heavy (non-hydrogen) atoms. The Morgan fingerprint density at radius 3 is 2.38 bits per heavy atom. The Balaban J connectivity index is 1.65. The lowest BCUT2D eigenvalue weighted by atomic mass is 9.80. The molecule has 3 nitrogen and oxygen atoms in total. The third kappa shape index (κ3) is 4.24. The molecule has 2 atom stereocenters. The number of hydrogen-bond donors (Lipinski definition) is 2. The largest absolute Gasteiger partial charge is 0.349 e. The highest BCUT2D eigenvalue weighted by molar-refractivity contribution is 5.94. The number of carbonyl (C=O) groups is 1. The molecule has 2 unspecified atom stereocenters. The molecule has 1 saturated carbocycles. The van der Waals surface area contributed by atoms with Gasteiger partial charge in [-0.05, 0) is 48.4 Å². The lowest BCUT2D eigenvalue weighted by Crippen LogP contribution is -2.42. The fourth-order valence-electron chi connectivity index (χ4n) is 3.60. The lowest BCUT2D eigenvalue weighted by molar-refractivity contribution is 0.0905. The Morgan fingerprint density at radius 2 is 1.67 bits per heavy atom. The minimum absolute atomic E-state index is 0.0310. The SMILES string of the molecule is NCc1ccc(C(=O)NC2CCCCC2Cc2ccccc2)cc1. The van der Waals surface area contributed by atoms with Crippen molar-refractivity contribution in [3.63, 3.8) is 0 Å². The number of rotatable bonds is 5. The van der Waals surface area contributed by atoms with Crippen LogP contribution in [0.1, 0.15) is 47.2 Å². The maximum absolute atomic E-state index is 12.6. The van der Waals surface area contributed by atoms with Crippen molar-refractivity contribution in [2.45, 2.75) is 44.7 Å². The molecule has 1 aliphatic carbocycles. The Labute approximate surface area is 144 Å². The average Bonchev–Trinajstić information content (AvgIpc) is 2.64. The van der Waals surface area contributed by atoms with Crippen molar-refractivity contribution in [2.24, 2.45) is 11.7 Å². The zero-order valence-electron chi connectivity index (χ0n) is 14.1. The van der Waals surface area contributed by atoms with Crippen molar-refractivity contribution in [3.8, 4) is 0 Å². The van der Waals surface area contributed by atoms with Crippen LogP contribution in [0.15, 0.2) is 54.6 Å². The summed E-state index contributed by atoms with van der Waals surface area (Å²) in [6.45, 7) is 0.504. The summed E-state index contributed by atoms with van der Waals surface area (Å²) in [5, 5.41) is 3.27. The van der Waals surface area contributed by atoms with Crippen molar-refractivity contribution in [3.05, 3.63) is 71.3 Å². The number of carbonyl (C=O) groups excluding carboxylic acids is 1. The summed E-state index contributed by atoms with van der Waals surface area (Å²) >= 11 is 0. The standard InChI is InChI=1S/C21H26N2O/c22-15-17-10-12-18(13-11-17)21(24)23-20-9-5-4-8-19(20)14-16-6-2-1-3-7-16/h1-3,6-7,10-13,19-20H,4-5,8-9,14-15,22H2,(H,23,24).